The van der Waals surface area contributed by atoms with E-state index < -0.39 is 0 Å². The van der Waals surface area contributed by atoms with E-state index in [9.17, 15) is 4.39 Å². The number of alkyl halides is 1. The zero-order valence-corrected chi connectivity index (χ0v) is 12.1. The lowest BCUT2D eigenvalue weighted by atomic mass is 10.1. The van der Waals surface area contributed by atoms with E-state index >= 15 is 0 Å². The Kier molecular flexibility index (Phi) is 3.22. The standard InChI is InChI=1S/C16H14ClFN2/c1-10-6-7-12(18)14(8-10)20-15(9-17)19-13-5-3-4-11(2)16(13)20/h3-8H,9H2,1-2H3. The van der Waals surface area contributed by atoms with Crippen LogP contribution in [0.2, 0.25) is 0 Å². The summed E-state index contributed by atoms with van der Waals surface area (Å²) < 4.78 is 16.0. The molecule has 0 fully saturated rings. The van der Waals surface area contributed by atoms with Gasteiger partial charge in [0.05, 0.1) is 22.6 Å². The fourth-order valence-electron chi connectivity index (χ4n) is 2.49. The number of para-hydroxylation sites is 1. The van der Waals surface area contributed by atoms with Gasteiger partial charge >= 0.3 is 0 Å². The van der Waals surface area contributed by atoms with Crippen LogP contribution in [0.25, 0.3) is 16.7 Å². The summed E-state index contributed by atoms with van der Waals surface area (Å²) in [7, 11) is 0. The molecule has 0 saturated heterocycles. The summed E-state index contributed by atoms with van der Waals surface area (Å²) in [5, 5.41) is 0. The highest BCUT2D eigenvalue weighted by Crippen LogP contribution is 2.27. The van der Waals surface area contributed by atoms with Crippen LogP contribution in [0.4, 0.5) is 4.39 Å². The van der Waals surface area contributed by atoms with Gasteiger partial charge in [-0.15, -0.1) is 11.6 Å². The molecule has 0 amide bonds. The van der Waals surface area contributed by atoms with Crippen molar-refractivity contribution in [3.63, 3.8) is 0 Å². The summed E-state index contributed by atoms with van der Waals surface area (Å²) in [6, 6.07) is 10.9. The van der Waals surface area contributed by atoms with Gasteiger partial charge in [-0.1, -0.05) is 18.2 Å². The molecule has 20 heavy (non-hydrogen) atoms. The molecule has 1 aromatic heterocycles. The van der Waals surface area contributed by atoms with Gasteiger partial charge in [-0.3, -0.25) is 4.57 Å². The molecule has 1 heterocycles. The highest BCUT2D eigenvalue weighted by atomic mass is 35.5. The molecule has 0 aliphatic heterocycles. The molecule has 0 saturated carbocycles. The number of hydrogen-bond donors (Lipinski definition) is 0. The molecule has 0 aliphatic carbocycles. The quantitative estimate of drug-likeness (QED) is 0.634. The average Bonchev–Trinajstić information content (AvgIpc) is 2.81. The molecule has 0 unspecified atom stereocenters. The van der Waals surface area contributed by atoms with Gasteiger partial charge in [0.1, 0.15) is 11.6 Å². The lowest BCUT2D eigenvalue weighted by Gasteiger charge is -2.11. The Labute approximate surface area is 121 Å². The van der Waals surface area contributed by atoms with Gasteiger partial charge in [-0.05, 0) is 43.2 Å². The third-order valence-electron chi connectivity index (χ3n) is 3.41. The number of rotatable bonds is 2. The van der Waals surface area contributed by atoms with Crippen molar-refractivity contribution in [2.24, 2.45) is 0 Å². The Morgan fingerprint density at radius 2 is 2.00 bits per heavy atom. The Morgan fingerprint density at radius 3 is 2.75 bits per heavy atom. The molecule has 0 atom stereocenters. The van der Waals surface area contributed by atoms with E-state index in [4.69, 9.17) is 11.6 Å². The fourth-order valence-corrected chi connectivity index (χ4v) is 2.67. The van der Waals surface area contributed by atoms with Crippen LogP contribution in [0.3, 0.4) is 0 Å². The lowest BCUT2D eigenvalue weighted by molar-refractivity contribution is 0.617. The van der Waals surface area contributed by atoms with E-state index in [1.54, 1.807) is 6.07 Å². The Bertz CT molecular complexity index is 793. The number of fused-ring (bicyclic) bond motifs is 1. The molecule has 0 spiro atoms. The second kappa shape index (κ2) is 4.91. The largest absolute Gasteiger partial charge is 0.292 e. The van der Waals surface area contributed by atoms with Crippen molar-refractivity contribution in [2.75, 3.05) is 0 Å². The first-order valence-corrected chi connectivity index (χ1v) is 6.94. The highest BCUT2D eigenvalue weighted by molar-refractivity contribution is 6.17. The molecule has 3 rings (SSSR count). The number of imidazole rings is 1. The topological polar surface area (TPSA) is 17.8 Å². The molecular formula is C16H14ClFN2. The van der Waals surface area contributed by atoms with E-state index in [0.29, 0.717) is 11.5 Å². The maximum Gasteiger partial charge on any atom is 0.147 e. The highest BCUT2D eigenvalue weighted by Gasteiger charge is 2.16. The Balaban J connectivity index is 2.42. The molecular weight excluding hydrogens is 275 g/mol. The first-order valence-electron chi connectivity index (χ1n) is 6.41. The molecule has 4 heteroatoms. The molecule has 0 radical (unpaired) electrons. The maximum absolute atomic E-state index is 14.2. The van der Waals surface area contributed by atoms with Crippen LogP contribution < -0.4 is 0 Å². The smallest absolute Gasteiger partial charge is 0.147 e. The first-order chi connectivity index (χ1) is 9.61. The summed E-state index contributed by atoms with van der Waals surface area (Å²) in [5.74, 6) is 0.617. The van der Waals surface area contributed by atoms with Gasteiger partial charge < -0.3 is 0 Å². The molecule has 0 bridgehead atoms. The zero-order valence-electron chi connectivity index (χ0n) is 11.3. The van der Waals surface area contributed by atoms with E-state index in [1.807, 2.05) is 42.7 Å². The molecule has 0 aliphatic rings. The van der Waals surface area contributed by atoms with Gasteiger partial charge in [0.25, 0.3) is 0 Å². The van der Waals surface area contributed by atoms with E-state index in [-0.39, 0.29) is 11.7 Å². The minimum Gasteiger partial charge on any atom is -0.292 e. The Hall–Kier alpha value is -1.87. The van der Waals surface area contributed by atoms with Crippen molar-refractivity contribution in [3.05, 3.63) is 59.2 Å². The van der Waals surface area contributed by atoms with Gasteiger partial charge in [0.15, 0.2) is 0 Å². The lowest BCUT2D eigenvalue weighted by Crippen LogP contribution is -2.03. The minimum absolute atomic E-state index is 0.238. The van der Waals surface area contributed by atoms with Crippen molar-refractivity contribution in [1.29, 1.82) is 0 Å². The fraction of sp³-hybridized carbons (Fsp3) is 0.188. The molecule has 3 aromatic rings. The van der Waals surface area contributed by atoms with Crippen LogP contribution in [0.5, 0.6) is 0 Å². The van der Waals surface area contributed by atoms with Crippen LogP contribution in [-0.2, 0) is 5.88 Å². The van der Waals surface area contributed by atoms with Crippen molar-refractivity contribution in [2.45, 2.75) is 19.7 Å². The zero-order chi connectivity index (χ0) is 14.3. The Morgan fingerprint density at radius 1 is 1.20 bits per heavy atom. The normalized spacial score (nSPS) is 11.2. The molecule has 2 aromatic carbocycles. The van der Waals surface area contributed by atoms with E-state index in [2.05, 4.69) is 4.98 Å². The first kappa shape index (κ1) is 13.1. The summed E-state index contributed by atoms with van der Waals surface area (Å²) in [6.45, 7) is 3.93. The monoisotopic (exact) mass is 288 g/mol. The minimum atomic E-state index is -0.274. The maximum atomic E-state index is 14.2. The SMILES string of the molecule is Cc1ccc(F)c(-n2c(CCl)nc3cccc(C)c32)c1. The molecule has 0 N–H and O–H groups in total. The number of aryl methyl sites for hydroxylation is 2. The van der Waals surface area contributed by atoms with Crippen molar-refractivity contribution in [1.82, 2.24) is 9.55 Å². The van der Waals surface area contributed by atoms with Gasteiger partial charge in [-0.2, -0.15) is 0 Å². The van der Waals surface area contributed by atoms with Crippen molar-refractivity contribution in [3.8, 4) is 5.69 Å². The van der Waals surface area contributed by atoms with Crippen LogP contribution in [0.1, 0.15) is 17.0 Å². The van der Waals surface area contributed by atoms with Crippen molar-refractivity contribution >= 4 is 22.6 Å². The molecule has 102 valence electrons. The summed E-state index contributed by atoms with van der Waals surface area (Å²) in [5.41, 5.74) is 4.29. The number of nitrogens with zero attached hydrogens (tertiary/aromatic N) is 2. The van der Waals surface area contributed by atoms with Gasteiger partial charge in [-0.25, -0.2) is 9.37 Å². The van der Waals surface area contributed by atoms with Crippen LogP contribution in [0.15, 0.2) is 36.4 Å². The summed E-state index contributed by atoms with van der Waals surface area (Å²) in [4.78, 5) is 4.50. The van der Waals surface area contributed by atoms with Gasteiger partial charge in [0, 0.05) is 0 Å². The number of halogens is 2. The third kappa shape index (κ3) is 1.98. The van der Waals surface area contributed by atoms with E-state index in [0.717, 1.165) is 22.2 Å². The predicted molar refractivity (Wildman–Crippen MR) is 80.1 cm³/mol. The predicted octanol–water partition coefficient (Wildman–Crippen LogP) is 4.52. The number of hydrogen-bond acceptors (Lipinski definition) is 1. The second-order valence-electron chi connectivity index (χ2n) is 4.89. The average molecular weight is 289 g/mol. The van der Waals surface area contributed by atoms with E-state index in [1.165, 1.54) is 6.07 Å². The van der Waals surface area contributed by atoms with Gasteiger partial charge in [0.2, 0.25) is 0 Å². The number of aromatic nitrogens is 2. The van der Waals surface area contributed by atoms with Crippen LogP contribution in [-0.4, -0.2) is 9.55 Å². The number of benzene rings is 2. The second-order valence-corrected chi connectivity index (χ2v) is 5.16. The van der Waals surface area contributed by atoms with Crippen LogP contribution >= 0.6 is 11.6 Å². The van der Waals surface area contributed by atoms with Crippen molar-refractivity contribution < 1.29 is 4.39 Å². The van der Waals surface area contributed by atoms with Crippen LogP contribution in [0, 0.1) is 19.7 Å². The molecule has 2 nitrogen and oxygen atoms in total. The summed E-state index contributed by atoms with van der Waals surface area (Å²) >= 11 is 5.99. The summed E-state index contributed by atoms with van der Waals surface area (Å²) in [6.07, 6.45) is 0. The third-order valence-corrected chi connectivity index (χ3v) is 3.65.